The standard InChI is InChI=1S/C13H8F2IN3/c14-7-4-10(15)12-11(5-7)19(13(17)18-12)9-3-1-2-8(16)6-9/h1-6H,(H2,17,18). The first-order valence-corrected chi connectivity index (χ1v) is 6.53. The molecule has 1 aromatic heterocycles. The topological polar surface area (TPSA) is 43.8 Å². The Balaban J connectivity index is 2.38. The highest BCUT2D eigenvalue weighted by Crippen LogP contribution is 2.26. The van der Waals surface area contributed by atoms with Crippen LogP contribution < -0.4 is 5.73 Å². The molecule has 2 aromatic carbocycles. The number of aromatic nitrogens is 2. The van der Waals surface area contributed by atoms with Gasteiger partial charge in [0.25, 0.3) is 0 Å². The molecular formula is C13H8F2IN3. The molecule has 0 unspecified atom stereocenters. The van der Waals surface area contributed by atoms with Crippen LogP contribution in [0.3, 0.4) is 0 Å². The lowest BCUT2D eigenvalue weighted by atomic mass is 10.2. The van der Waals surface area contributed by atoms with Crippen molar-refractivity contribution in [1.29, 1.82) is 0 Å². The molecule has 0 saturated heterocycles. The molecule has 2 N–H and O–H groups in total. The van der Waals surface area contributed by atoms with Gasteiger partial charge in [0.05, 0.1) is 11.2 Å². The maximum absolute atomic E-state index is 13.7. The monoisotopic (exact) mass is 371 g/mol. The van der Waals surface area contributed by atoms with Gasteiger partial charge in [0, 0.05) is 15.7 Å². The Hall–Kier alpha value is -1.70. The average Bonchev–Trinajstić information content (AvgIpc) is 2.66. The number of hydrogen-bond donors (Lipinski definition) is 1. The lowest BCUT2D eigenvalue weighted by Crippen LogP contribution is -2.00. The summed E-state index contributed by atoms with van der Waals surface area (Å²) >= 11 is 2.16. The summed E-state index contributed by atoms with van der Waals surface area (Å²) in [5.41, 5.74) is 6.92. The summed E-state index contributed by atoms with van der Waals surface area (Å²) in [5.74, 6) is -1.25. The molecule has 0 aliphatic rings. The summed E-state index contributed by atoms with van der Waals surface area (Å²) in [6.07, 6.45) is 0. The lowest BCUT2D eigenvalue weighted by molar-refractivity contribution is 0.590. The van der Waals surface area contributed by atoms with Crippen molar-refractivity contribution < 1.29 is 8.78 Å². The number of halogens is 3. The van der Waals surface area contributed by atoms with Crippen LogP contribution in [0.4, 0.5) is 14.7 Å². The van der Waals surface area contributed by atoms with Crippen LogP contribution in [0, 0.1) is 15.2 Å². The minimum atomic E-state index is -0.717. The zero-order valence-electron chi connectivity index (χ0n) is 9.57. The van der Waals surface area contributed by atoms with Gasteiger partial charge in [0.2, 0.25) is 5.95 Å². The zero-order chi connectivity index (χ0) is 13.6. The summed E-state index contributed by atoms with van der Waals surface area (Å²) in [4.78, 5) is 3.96. The first kappa shape index (κ1) is 12.3. The molecular weight excluding hydrogens is 363 g/mol. The van der Waals surface area contributed by atoms with Gasteiger partial charge in [-0.25, -0.2) is 13.8 Å². The van der Waals surface area contributed by atoms with Gasteiger partial charge in [0.15, 0.2) is 5.82 Å². The highest BCUT2D eigenvalue weighted by molar-refractivity contribution is 14.1. The number of nitrogen functional groups attached to an aromatic ring is 1. The van der Waals surface area contributed by atoms with Crippen molar-refractivity contribution >= 4 is 39.6 Å². The average molecular weight is 371 g/mol. The van der Waals surface area contributed by atoms with E-state index in [4.69, 9.17) is 5.73 Å². The Morgan fingerprint density at radius 2 is 1.95 bits per heavy atom. The number of nitrogens with two attached hydrogens (primary N) is 1. The van der Waals surface area contributed by atoms with E-state index in [0.29, 0.717) is 5.52 Å². The highest BCUT2D eigenvalue weighted by Gasteiger charge is 2.15. The van der Waals surface area contributed by atoms with Crippen LogP contribution in [0.5, 0.6) is 0 Å². The molecule has 0 saturated carbocycles. The molecule has 6 heteroatoms. The number of rotatable bonds is 1. The Morgan fingerprint density at radius 3 is 2.68 bits per heavy atom. The normalized spacial score (nSPS) is 11.1. The predicted octanol–water partition coefficient (Wildman–Crippen LogP) is 3.49. The minimum absolute atomic E-state index is 0.0674. The fraction of sp³-hybridized carbons (Fsp3) is 0. The minimum Gasteiger partial charge on any atom is -0.369 e. The van der Waals surface area contributed by atoms with E-state index in [0.717, 1.165) is 15.3 Å². The first-order chi connectivity index (χ1) is 9.06. The quantitative estimate of drug-likeness (QED) is 0.666. The molecule has 3 nitrogen and oxygen atoms in total. The Labute approximate surface area is 121 Å². The first-order valence-electron chi connectivity index (χ1n) is 5.45. The Morgan fingerprint density at radius 1 is 1.16 bits per heavy atom. The van der Waals surface area contributed by atoms with Crippen molar-refractivity contribution in [2.75, 3.05) is 5.73 Å². The van der Waals surface area contributed by atoms with Crippen molar-refractivity contribution in [3.8, 4) is 5.69 Å². The van der Waals surface area contributed by atoms with E-state index >= 15 is 0 Å². The van der Waals surface area contributed by atoms with Crippen molar-refractivity contribution in [3.05, 3.63) is 51.6 Å². The highest BCUT2D eigenvalue weighted by atomic mass is 127. The predicted molar refractivity (Wildman–Crippen MR) is 78.1 cm³/mol. The van der Waals surface area contributed by atoms with E-state index in [9.17, 15) is 8.78 Å². The second-order valence-corrected chi connectivity index (χ2v) is 5.29. The molecule has 0 atom stereocenters. The van der Waals surface area contributed by atoms with Crippen LogP contribution in [0.25, 0.3) is 16.7 Å². The van der Waals surface area contributed by atoms with E-state index in [1.165, 1.54) is 10.6 Å². The van der Waals surface area contributed by atoms with Crippen molar-refractivity contribution in [1.82, 2.24) is 9.55 Å². The number of benzene rings is 2. The van der Waals surface area contributed by atoms with Crippen LogP contribution in [-0.4, -0.2) is 9.55 Å². The van der Waals surface area contributed by atoms with Gasteiger partial charge < -0.3 is 5.73 Å². The molecule has 19 heavy (non-hydrogen) atoms. The number of anilines is 1. The Kier molecular flexibility index (Phi) is 2.89. The van der Waals surface area contributed by atoms with Gasteiger partial charge in [-0.2, -0.15) is 0 Å². The van der Waals surface area contributed by atoms with Gasteiger partial charge in [-0.05, 0) is 40.8 Å². The fourth-order valence-electron chi connectivity index (χ4n) is 2.01. The van der Waals surface area contributed by atoms with Crippen molar-refractivity contribution in [2.24, 2.45) is 0 Å². The van der Waals surface area contributed by atoms with E-state index in [1.807, 2.05) is 24.3 Å². The molecule has 0 aliphatic carbocycles. The molecule has 0 spiro atoms. The SMILES string of the molecule is Nc1nc2c(F)cc(F)cc2n1-c1cccc(I)c1. The van der Waals surface area contributed by atoms with E-state index < -0.39 is 11.6 Å². The molecule has 0 fully saturated rings. The molecule has 0 amide bonds. The summed E-state index contributed by atoms with van der Waals surface area (Å²) in [6, 6.07) is 9.46. The summed E-state index contributed by atoms with van der Waals surface area (Å²) in [7, 11) is 0. The number of imidazole rings is 1. The molecule has 0 radical (unpaired) electrons. The summed E-state index contributed by atoms with van der Waals surface area (Å²) < 4.78 is 29.5. The largest absolute Gasteiger partial charge is 0.369 e. The summed E-state index contributed by atoms with van der Waals surface area (Å²) in [5, 5.41) is 0. The van der Waals surface area contributed by atoms with Gasteiger partial charge in [-0.1, -0.05) is 6.07 Å². The van der Waals surface area contributed by atoms with Crippen LogP contribution in [0.15, 0.2) is 36.4 Å². The van der Waals surface area contributed by atoms with E-state index in [1.54, 1.807) is 0 Å². The molecule has 96 valence electrons. The van der Waals surface area contributed by atoms with Crippen LogP contribution in [0.2, 0.25) is 0 Å². The molecule has 3 aromatic rings. The maximum Gasteiger partial charge on any atom is 0.206 e. The molecule has 1 heterocycles. The third-order valence-electron chi connectivity index (χ3n) is 2.77. The van der Waals surface area contributed by atoms with Gasteiger partial charge in [-0.3, -0.25) is 4.57 Å². The number of nitrogens with zero attached hydrogens (tertiary/aromatic N) is 2. The van der Waals surface area contributed by atoms with Gasteiger partial charge >= 0.3 is 0 Å². The third-order valence-corrected chi connectivity index (χ3v) is 3.44. The number of fused-ring (bicyclic) bond motifs is 1. The van der Waals surface area contributed by atoms with Crippen LogP contribution >= 0.6 is 22.6 Å². The second-order valence-electron chi connectivity index (χ2n) is 4.04. The molecule has 3 rings (SSSR count). The van der Waals surface area contributed by atoms with E-state index in [-0.39, 0.29) is 11.5 Å². The third kappa shape index (κ3) is 2.05. The fourth-order valence-corrected chi connectivity index (χ4v) is 2.53. The molecule has 0 bridgehead atoms. The van der Waals surface area contributed by atoms with Crippen molar-refractivity contribution in [3.63, 3.8) is 0 Å². The van der Waals surface area contributed by atoms with Gasteiger partial charge in [0.1, 0.15) is 11.3 Å². The van der Waals surface area contributed by atoms with Gasteiger partial charge in [-0.15, -0.1) is 0 Å². The second kappa shape index (κ2) is 4.44. The Bertz CT molecular complexity index is 783. The zero-order valence-corrected chi connectivity index (χ0v) is 11.7. The summed E-state index contributed by atoms with van der Waals surface area (Å²) in [6.45, 7) is 0. The van der Waals surface area contributed by atoms with Crippen LogP contribution in [0.1, 0.15) is 0 Å². The van der Waals surface area contributed by atoms with Crippen LogP contribution in [-0.2, 0) is 0 Å². The lowest BCUT2D eigenvalue weighted by Gasteiger charge is -2.07. The maximum atomic E-state index is 13.7. The molecule has 0 aliphatic heterocycles. The number of hydrogen-bond acceptors (Lipinski definition) is 2. The van der Waals surface area contributed by atoms with Crippen molar-refractivity contribution in [2.45, 2.75) is 0 Å². The van der Waals surface area contributed by atoms with E-state index in [2.05, 4.69) is 27.6 Å². The smallest absolute Gasteiger partial charge is 0.206 e.